The summed E-state index contributed by atoms with van der Waals surface area (Å²) < 4.78 is 6.31. The lowest BCUT2D eigenvalue weighted by atomic mass is 9.92. The maximum absolute atomic E-state index is 11.4. The number of methoxy groups -OCH3 is 1. The van der Waals surface area contributed by atoms with Crippen LogP contribution in [-0.2, 0) is 4.79 Å². The molecule has 0 spiro atoms. The van der Waals surface area contributed by atoms with Crippen LogP contribution in [0.5, 0.6) is 5.75 Å². The Morgan fingerprint density at radius 2 is 2.12 bits per heavy atom. The van der Waals surface area contributed by atoms with Gasteiger partial charge in [-0.25, -0.2) is 0 Å². The minimum absolute atomic E-state index is 0.214. The Morgan fingerprint density at radius 3 is 2.81 bits per heavy atom. The molecule has 0 N–H and O–H groups in total. The van der Waals surface area contributed by atoms with E-state index in [1.54, 1.807) is 13.2 Å². The van der Waals surface area contributed by atoms with Crippen LogP contribution in [0, 0.1) is 0 Å². The molecule has 1 aliphatic rings. The third kappa shape index (κ3) is 2.35. The van der Waals surface area contributed by atoms with Gasteiger partial charge in [0.25, 0.3) is 0 Å². The monoisotopic (exact) mass is 280 g/mol. The summed E-state index contributed by atoms with van der Waals surface area (Å²) >= 11 is 3.41. The first kappa shape index (κ1) is 11.4. The minimum atomic E-state index is 0.214. The minimum Gasteiger partial charge on any atom is -0.496 e. The van der Waals surface area contributed by atoms with E-state index < -0.39 is 0 Å². The van der Waals surface area contributed by atoms with Crippen molar-refractivity contribution in [3.05, 3.63) is 34.3 Å². The zero-order valence-corrected chi connectivity index (χ0v) is 10.7. The number of hydrogen-bond donors (Lipinski definition) is 0. The third-order valence-corrected chi connectivity index (χ3v) is 3.21. The first-order valence-corrected chi connectivity index (χ1v) is 6.07. The van der Waals surface area contributed by atoms with Gasteiger partial charge in [0, 0.05) is 16.5 Å². The first-order valence-electron chi connectivity index (χ1n) is 5.28. The van der Waals surface area contributed by atoms with Gasteiger partial charge in [-0.15, -0.1) is 0 Å². The molecule has 0 atom stereocenters. The molecular formula is C13H13BrO2. The molecule has 1 aromatic rings. The van der Waals surface area contributed by atoms with Crippen molar-refractivity contribution in [2.24, 2.45) is 0 Å². The molecule has 0 radical (unpaired) electrons. The lowest BCUT2D eigenvalue weighted by Crippen LogP contribution is -2.03. The number of hydrogen-bond acceptors (Lipinski definition) is 2. The van der Waals surface area contributed by atoms with Crippen molar-refractivity contribution in [2.75, 3.05) is 7.11 Å². The summed E-state index contributed by atoms with van der Waals surface area (Å²) in [7, 11) is 1.65. The van der Waals surface area contributed by atoms with Gasteiger partial charge < -0.3 is 4.74 Å². The zero-order chi connectivity index (χ0) is 11.5. The summed E-state index contributed by atoms with van der Waals surface area (Å²) in [6.45, 7) is 0. The molecule has 0 aliphatic heterocycles. The molecule has 1 aromatic carbocycles. The van der Waals surface area contributed by atoms with Gasteiger partial charge in [-0.1, -0.05) is 15.9 Å². The largest absolute Gasteiger partial charge is 0.496 e. The second kappa shape index (κ2) is 4.83. The number of halogens is 1. The van der Waals surface area contributed by atoms with Crippen LogP contribution >= 0.6 is 15.9 Å². The van der Waals surface area contributed by atoms with Gasteiger partial charge in [-0.3, -0.25) is 4.79 Å². The van der Waals surface area contributed by atoms with Crippen molar-refractivity contribution in [3.63, 3.8) is 0 Å². The van der Waals surface area contributed by atoms with Gasteiger partial charge >= 0.3 is 0 Å². The lowest BCUT2D eigenvalue weighted by molar-refractivity contribution is -0.114. The van der Waals surface area contributed by atoms with Gasteiger partial charge in [-0.05, 0) is 42.7 Å². The molecule has 0 saturated carbocycles. The second-order valence-electron chi connectivity index (χ2n) is 3.83. The SMILES string of the molecule is COc1cc(Br)ccc1C1=CC(=O)CCC1. The number of carbonyl (C=O) groups excluding carboxylic acids is 1. The molecule has 84 valence electrons. The predicted molar refractivity (Wildman–Crippen MR) is 67.5 cm³/mol. The number of ketones is 1. The maximum atomic E-state index is 11.4. The Morgan fingerprint density at radius 1 is 1.31 bits per heavy atom. The smallest absolute Gasteiger partial charge is 0.155 e. The summed E-state index contributed by atoms with van der Waals surface area (Å²) in [5.74, 6) is 1.03. The van der Waals surface area contributed by atoms with Crippen molar-refractivity contribution in [1.29, 1.82) is 0 Å². The molecule has 1 aliphatic carbocycles. The van der Waals surface area contributed by atoms with Gasteiger partial charge in [0.15, 0.2) is 5.78 Å². The number of carbonyl (C=O) groups is 1. The Labute approximate surface area is 103 Å². The van der Waals surface area contributed by atoms with Crippen LogP contribution < -0.4 is 4.74 Å². The second-order valence-corrected chi connectivity index (χ2v) is 4.75. The standard InChI is InChI=1S/C13H13BrO2/c1-16-13-8-10(14)5-6-12(13)9-3-2-4-11(15)7-9/h5-8H,2-4H2,1H3. The number of ether oxygens (including phenoxy) is 1. The van der Waals surface area contributed by atoms with E-state index in [4.69, 9.17) is 4.74 Å². The quantitative estimate of drug-likeness (QED) is 0.828. The van der Waals surface area contributed by atoms with Gasteiger partial charge in [0.2, 0.25) is 0 Å². The molecule has 0 heterocycles. The Balaban J connectivity index is 2.43. The number of rotatable bonds is 2. The fourth-order valence-electron chi connectivity index (χ4n) is 1.93. The average Bonchev–Trinajstić information content (AvgIpc) is 2.28. The lowest BCUT2D eigenvalue weighted by Gasteiger charge is -2.15. The van der Waals surface area contributed by atoms with E-state index in [2.05, 4.69) is 15.9 Å². The van der Waals surface area contributed by atoms with Crippen molar-refractivity contribution in [2.45, 2.75) is 19.3 Å². The molecular weight excluding hydrogens is 268 g/mol. The molecule has 2 nitrogen and oxygen atoms in total. The Kier molecular flexibility index (Phi) is 3.44. The van der Waals surface area contributed by atoms with Crippen LogP contribution in [-0.4, -0.2) is 12.9 Å². The van der Waals surface area contributed by atoms with E-state index in [9.17, 15) is 4.79 Å². The summed E-state index contributed by atoms with van der Waals surface area (Å²) in [4.78, 5) is 11.4. The Hall–Kier alpha value is -1.09. The van der Waals surface area contributed by atoms with E-state index in [1.165, 1.54) is 0 Å². The molecule has 2 rings (SSSR count). The normalized spacial score (nSPS) is 15.9. The van der Waals surface area contributed by atoms with Crippen LogP contribution in [0.2, 0.25) is 0 Å². The molecule has 0 fully saturated rings. The van der Waals surface area contributed by atoms with E-state index in [0.29, 0.717) is 6.42 Å². The first-order chi connectivity index (χ1) is 7.70. The van der Waals surface area contributed by atoms with Gasteiger partial charge in [0.05, 0.1) is 7.11 Å². The summed E-state index contributed by atoms with van der Waals surface area (Å²) in [5.41, 5.74) is 2.11. The maximum Gasteiger partial charge on any atom is 0.155 e. The molecule has 16 heavy (non-hydrogen) atoms. The highest BCUT2D eigenvalue weighted by Gasteiger charge is 2.14. The Bertz CT molecular complexity index is 449. The van der Waals surface area contributed by atoms with Crippen LogP contribution in [0.3, 0.4) is 0 Å². The van der Waals surface area contributed by atoms with Crippen LogP contribution in [0.1, 0.15) is 24.8 Å². The summed E-state index contributed by atoms with van der Waals surface area (Å²) in [6, 6.07) is 5.89. The third-order valence-electron chi connectivity index (χ3n) is 2.71. The zero-order valence-electron chi connectivity index (χ0n) is 9.13. The van der Waals surface area contributed by atoms with Gasteiger partial charge in [-0.2, -0.15) is 0 Å². The molecule has 0 aromatic heterocycles. The van der Waals surface area contributed by atoms with Crippen molar-refractivity contribution in [1.82, 2.24) is 0 Å². The molecule has 3 heteroatoms. The topological polar surface area (TPSA) is 26.3 Å². The van der Waals surface area contributed by atoms with Crippen LogP contribution in [0.15, 0.2) is 28.7 Å². The van der Waals surface area contributed by atoms with Crippen LogP contribution in [0.4, 0.5) is 0 Å². The van der Waals surface area contributed by atoms with Gasteiger partial charge in [0.1, 0.15) is 5.75 Å². The van der Waals surface area contributed by atoms with E-state index in [1.807, 2.05) is 18.2 Å². The van der Waals surface area contributed by atoms with E-state index in [0.717, 1.165) is 34.2 Å². The predicted octanol–water partition coefficient (Wildman–Crippen LogP) is 3.59. The number of benzene rings is 1. The highest BCUT2D eigenvalue weighted by Crippen LogP contribution is 2.33. The fraction of sp³-hybridized carbons (Fsp3) is 0.308. The van der Waals surface area contributed by atoms with Crippen molar-refractivity contribution < 1.29 is 9.53 Å². The molecule has 0 saturated heterocycles. The van der Waals surface area contributed by atoms with Crippen molar-refractivity contribution in [3.8, 4) is 5.75 Å². The molecule has 0 amide bonds. The number of allylic oxidation sites excluding steroid dienone is 2. The molecule has 0 unspecified atom stereocenters. The molecule has 0 bridgehead atoms. The van der Waals surface area contributed by atoms with E-state index in [-0.39, 0.29) is 5.78 Å². The highest BCUT2D eigenvalue weighted by molar-refractivity contribution is 9.10. The fourth-order valence-corrected chi connectivity index (χ4v) is 2.27. The highest BCUT2D eigenvalue weighted by atomic mass is 79.9. The van der Waals surface area contributed by atoms with Crippen molar-refractivity contribution >= 4 is 27.3 Å². The summed E-state index contributed by atoms with van der Waals surface area (Å²) in [6.07, 6.45) is 4.30. The summed E-state index contributed by atoms with van der Waals surface area (Å²) in [5, 5.41) is 0. The van der Waals surface area contributed by atoms with Crippen LogP contribution in [0.25, 0.3) is 5.57 Å². The van der Waals surface area contributed by atoms with E-state index >= 15 is 0 Å². The average molecular weight is 281 g/mol.